The van der Waals surface area contributed by atoms with Crippen molar-refractivity contribution in [3.8, 4) is 5.75 Å². The van der Waals surface area contributed by atoms with Crippen LogP contribution in [0.1, 0.15) is 40.7 Å². The van der Waals surface area contributed by atoms with Crippen molar-refractivity contribution in [2.45, 2.75) is 26.2 Å². The summed E-state index contributed by atoms with van der Waals surface area (Å²) < 4.78 is 19.9. The molecule has 0 saturated carbocycles. The van der Waals surface area contributed by atoms with E-state index in [0.717, 1.165) is 53.8 Å². The molecule has 1 aliphatic carbocycles. The average molecular weight is 531 g/mol. The molecule has 0 aliphatic heterocycles. The van der Waals surface area contributed by atoms with Crippen LogP contribution < -0.4 is 10.1 Å². The molecule has 0 spiro atoms. The number of hydrogen-bond acceptors (Lipinski definition) is 3. The van der Waals surface area contributed by atoms with Gasteiger partial charge in [0, 0.05) is 32.9 Å². The Balaban J connectivity index is 1.56. The summed E-state index contributed by atoms with van der Waals surface area (Å²) in [5.41, 5.74) is 8.95. The van der Waals surface area contributed by atoms with Gasteiger partial charge < -0.3 is 15.0 Å². The van der Waals surface area contributed by atoms with Crippen LogP contribution in [0.2, 0.25) is 5.02 Å². The lowest BCUT2D eigenvalue weighted by atomic mass is 9.86. The van der Waals surface area contributed by atoms with E-state index in [4.69, 9.17) is 16.3 Å². The van der Waals surface area contributed by atoms with Crippen molar-refractivity contribution in [2.75, 3.05) is 33.8 Å². The fraction of sp³-hybridized carbons (Fsp3) is 0.273. The van der Waals surface area contributed by atoms with E-state index in [2.05, 4.69) is 42.2 Å². The standard InChI is InChI=1S/C33H36ClFN2O/c1-23-21-27(35)15-16-28(23)30-13-7-11-25-10-5-6-12-29(25)33(30)26-14-17-32(31(34)22-26)38-20-19-36-18-8-9-24(2)37(3)4/h5-6,8-10,12,14-17,21-22,36H,2,7,11,13,18-20H2,1,3-4H3/b9-8+. The zero-order chi connectivity index (χ0) is 27.1. The summed E-state index contributed by atoms with van der Waals surface area (Å²) in [5, 5.41) is 3.91. The van der Waals surface area contributed by atoms with Crippen LogP contribution in [0.4, 0.5) is 4.39 Å². The van der Waals surface area contributed by atoms with Crippen molar-refractivity contribution in [3.05, 3.63) is 124 Å². The molecule has 0 bridgehead atoms. The Labute approximate surface area is 231 Å². The third-order valence-corrected chi connectivity index (χ3v) is 7.17. The van der Waals surface area contributed by atoms with Gasteiger partial charge in [-0.1, -0.05) is 60.7 Å². The lowest BCUT2D eigenvalue weighted by Crippen LogP contribution is -2.21. The highest BCUT2D eigenvalue weighted by atomic mass is 35.5. The first-order valence-corrected chi connectivity index (χ1v) is 13.5. The average Bonchev–Trinajstić information content (AvgIpc) is 3.08. The van der Waals surface area contributed by atoms with E-state index >= 15 is 0 Å². The van der Waals surface area contributed by atoms with Gasteiger partial charge in [0.2, 0.25) is 0 Å². The van der Waals surface area contributed by atoms with E-state index in [1.165, 1.54) is 16.7 Å². The van der Waals surface area contributed by atoms with E-state index in [9.17, 15) is 4.39 Å². The molecular weight excluding hydrogens is 495 g/mol. The first kappa shape index (κ1) is 27.7. The van der Waals surface area contributed by atoms with Gasteiger partial charge in [-0.2, -0.15) is 0 Å². The molecule has 0 heterocycles. The Morgan fingerprint density at radius 3 is 2.66 bits per heavy atom. The van der Waals surface area contributed by atoms with Gasteiger partial charge in [-0.05, 0) is 95.5 Å². The molecule has 0 fully saturated rings. The zero-order valence-corrected chi connectivity index (χ0v) is 23.2. The summed E-state index contributed by atoms with van der Waals surface area (Å²) in [4.78, 5) is 1.97. The summed E-state index contributed by atoms with van der Waals surface area (Å²) in [7, 11) is 3.94. The smallest absolute Gasteiger partial charge is 0.137 e. The molecule has 3 aromatic carbocycles. The van der Waals surface area contributed by atoms with Crippen LogP contribution >= 0.6 is 11.6 Å². The minimum Gasteiger partial charge on any atom is -0.491 e. The summed E-state index contributed by atoms with van der Waals surface area (Å²) in [5.74, 6) is 0.451. The lowest BCUT2D eigenvalue weighted by molar-refractivity contribution is 0.316. The predicted octanol–water partition coefficient (Wildman–Crippen LogP) is 7.68. The molecule has 38 heavy (non-hydrogen) atoms. The maximum atomic E-state index is 13.9. The number of nitrogens with one attached hydrogen (secondary N) is 1. The lowest BCUT2D eigenvalue weighted by Gasteiger charge is -2.19. The molecule has 4 rings (SSSR count). The number of allylic oxidation sites excluding steroid dienone is 2. The third kappa shape index (κ3) is 6.75. The van der Waals surface area contributed by atoms with Gasteiger partial charge in [0.15, 0.2) is 0 Å². The molecule has 0 amide bonds. The number of halogens is 2. The van der Waals surface area contributed by atoms with E-state index in [-0.39, 0.29) is 5.82 Å². The van der Waals surface area contributed by atoms with Crippen LogP contribution in [0.25, 0.3) is 11.1 Å². The van der Waals surface area contributed by atoms with Gasteiger partial charge in [0.05, 0.1) is 5.02 Å². The zero-order valence-electron chi connectivity index (χ0n) is 22.5. The minimum atomic E-state index is -0.212. The predicted molar refractivity (Wildman–Crippen MR) is 158 cm³/mol. The third-order valence-electron chi connectivity index (χ3n) is 6.88. The van der Waals surface area contributed by atoms with Crippen LogP contribution in [-0.4, -0.2) is 38.7 Å². The Bertz CT molecular complexity index is 1360. The Kier molecular flexibility index (Phi) is 9.43. The fourth-order valence-electron chi connectivity index (χ4n) is 4.83. The highest BCUT2D eigenvalue weighted by molar-refractivity contribution is 6.32. The van der Waals surface area contributed by atoms with Crippen LogP contribution in [0.5, 0.6) is 5.75 Å². The van der Waals surface area contributed by atoms with Gasteiger partial charge in [0.1, 0.15) is 18.2 Å². The normalized spacial score (nSPS) is 13.4. The quantitative estimate of drug-likeness (QED) is 0.215. The highest BCUT2D eigenvalue weighted by Gasteiger charge is 2.21. The van der Waals surface area contributed by atoms with Crippen LogP contribution in [0.15, 0.2) is 85.1 Å². The number of hydrogen-bond donors (Lipinski definition) is 1. The van der Waals surface area contributed by atoms with Crippen molar-refractivity contribution in [1.29, 1.82) is 0 Å². The number of likely N-dealkylation sites (N-methyl/N-ethyl adjacent to an activating group) is 1. The monoisotopic (exact) mass is 530 g/mol. The Hall–Kier alpha value is -3.34. The molecule has 3 aromatic rings. The number of nitrogens with zero attached hydrogens (tertiary/aromatic N) is 1. The molecular formula is C33H36ClFN2O. The van der Waals surface area contributed by atoms with Crippen LogP contribution in [-0.2, 0) is 6.42 Å². The van der Waals surface area contributed by atoms with Gasteiger partial charge in [0.25, 0.3) is 0 Å². The second-order valence-corrected chi connectivity index (χ2v) is 10.2. The van der Waals surface area contributed by atoms with Crippen molar-refractivity contribution in [1.82, 2.24) is 10.2 Å². The van der Waals surface area contributed by atoms with Gasteiger partial charge in [-0.3, -0.25) is 0 Å². The first-order valence-electron chi connectivity index (χ1n) is 13.1. The largest absolute Gasteiger partial charge is 0.491 e. The topological polar surface area (TPSA) is 24.5 Å². The molecule has 0 unspecified atom stereocenters. The summed E-state index contributed by atoms with van der Waals surface area (Å²) in [6.45, 7) is 7.90. The molecule has 5 heteroatoms. The maximum absolute atomic E-state index is 13.9. The molecule has 3 nitrogen and oxygen atoms in total. The minimum absolute atomic E-state index is 0.212. The SMILES string of the molecule is C=C(/C=C/CNCCOc1ccc(C2=C(c3ccc(F)cc3C)CCCc3ccccc32)cc1Cl)N(C)C. The van der Waals surface area contributed by atoms with Crippen LogP contribution in [0, 0.1) is 12.7 Å². The Morgan fingerprint density at radius 1 is 1.08 bits per heavy atom. The molecule has 0 radical (unpaired) electrons. The van der Waals surface area contributed by atoms with Crippen molar-refractivity contribution in [3.63, 3.8) is 0 Å². The molecule has 198 valence electrons. The van der Waals surface area contributed by atoms with Crippen molar-refractivity contribution < 1.29 is 9.13 Å². The van der Waals surface area contributed by atoms with E-state index in [0.29, 0.717) is 23.9 Å². The first-order chi connectivity index (χ1) is 18.3. The number of ether oxygens (including phenoxy) is 1. The maximum Gasteiger partial charge on any atom is 0.137 e. The molecule has 0 saturated heterocycles. The second-order valence-electron chi connectivity index (χ2n) is 9.81. The second kappa shape index (κ2) is 12.9. The number of fused-ring (bicyclic) bond motifs is 1. The van der Waals surface area contributed by atoms with Crippen molar-refractivity contribution >= 4 is 22.7 Å². The van der Waals surface area contributed by atoms with E-state index in [1.807, 2.05) is 56.3 Å². The fourth-order valence-corrected chi connectivity index (χ4v) is 5.06. The molecule has 0 aromatic heterocycles. The number of rotatable bonds is 10. The number of aryl methyl sites for hydroxylation is 2. The highest BCUT2D eigenvalue weighted by Crippen LogP contribution is 2.42. The summed E-state index contributed by atoms with van der Waals surface area (Å²) >= 11 is 6.75. The Morgan fingerprint density at radius 2 is 1.89 bits per heavy atom. The summed E-state index contributed by atoms with van der Waals surface area (Å²) in [6, 6.07) is 19.7. The van der Waals surface area contributed by atoms with E-state index in [1.54, 1.807) is 12.1 Å². The van der Waals surface area contributed by atoms with Gasteiger partial charge >= 0.3 is 0 Å². The van der Waals surface area contributed by atoms with Crippen LogP contribution in [0.3, 0.4) is 0 Å². The molecule has 1 aliphatic rings. The molecule has 1 N–H and O–H groups in total. The van der Waals surface area contributed by atoms with Gasteiger partial charge in [-0.25, -0.2) is 4.39 Å². The van der Waals surface area contributed by atoms with Crippen molar-refractivity contribution in [2.24, 2.45) is 0 Å². The summed E-state index contributed by atoms with van der Waals surface area (Å²) in [6.07, 6.45) is 6.99. The molecule has 0 atom stereocenters. The van der Waals surface area contributed by atoms with E-state index < -0.39 is 0 Å². The van der Waals surface area contributed by atoms with Gasteiger partial charge in [-0.15, -0.1) is 0 Å². The number of benzene rings is 3.